The quantitative estimate of drug-likeness (QED) is 0.100. The molecule has 4 nitrogen and oxygen atoms in total. The number of nitrogens with zero attached hydrogens (tertiary/aromatic N) is 3. The number of quaternary nitrogens is 1. The normalized spacial score (nSPS) is 12.2. The Labute approximate surface area is 249 Å². The molecule has 3 rings (SSSR count). The fraction of sp³-hybridized carbons (Fsp3) is 0.265. The van der Waals surface area contributed by atoms with Crippen LogP contribution in [0.4, 0.5) is 11.4 Å². The van der Waals surface area contributed by atoms with Gasteiger partial charge >= 0.3 is 0 Å². The van der Waals surface area contributed by atoms with Crippen molar-refractivity contribution in [2.75, 3.05) is 55.5 Å². The maximum absolute atomic E-state index is 2.33. The largest absolute Gasteiger partial charge is 0.374 e. The summed E-state index contributed by atoms with van der Waals surface area (Å²) in [4.78, 5) is 4.66. The van der Waals surface area contributed by atoms with Crippen LogP contribution in [-0.4, -0.2) is 45.7 Å². The van der Waals surface area contributed by atoms with Gasteiger partial charge in [0.1, 0.15) is 7.05 Å². The van der Waals surface area contributed by atoms with Crippen molar-refractivity contribution in [3.8, 4) is 0 Å². The Balaban J connectivity index is 1.33. The van der Waals surface area contributed by atoms with Gasteiger partial charge in [0.2, 0.25) is 0 Å². The summed E-state index contributed by atoms with van der Waals surface area (Å²) in [5, 5.41) is 2.04. The van der Waals surface area contributed by atoms with Crippen molar-refractivity contribution < 1.29 is 9.88 Å². The SMILES string of the molecule is C/C=C(\C=C/[NH2+]C)/C=C/c1ccc(N(C)CCSSCCN(C)c2ccc(/C=C/c3cc[n+](C)cc3)cc2)cc1. The van der Waals surface area contributed by atoms with Crippen LogP contribution >= 0.6 is 21.6 Å². The standard InChI is InChI=1S/C34H43N4S2/c1-6-29(19-22-35-2)7-8-30-11-15-33(16-12-30)37(4)25-27-39-40-28-26-38(5)34-17-13-31(14-18-34)9-10-32-20-23-36(3)24-21-32/h6-24,35H,25-28H2,1-5H3/q+1/p+1/b8-7+,22-19-,29-6-. The average molecular weight is 573 g/mol. The lowest BCUT2D eigenvalue weighted by molar-refractivity contribution is -0.671. The molecule has 0 bridgehead atoms. The van der Waals surface area contributed by atoms with E-state index < -0.39 is 0 Å². The Morgan fingerprint density at radius 2 is 1.20 bits per heavy atom. The maximum atomic E-state index is 2.33. The summed E-state index contributed by atoms with van der Waals surface area (Å²) >= 11 is 0. The molecule has 0 atom stereocenters. The van der Waals surface area contributed by atoms with Crippen molar-refractivity contribution in [3.05, 3.63) is 120 Å². The van der Waals surface area contributed by atoms with E-state index in [1.807, 2.05) is 45.6 Å². The predicted octanol–water partition coefficient (Wildman–Crippen LogP) is 6.30. The zero-order valence-corrected chi connectivity index (χ0v) is 26.2. The second-order valence-corrected chi connectivity index (χ2v) is 12.3. The van der Waals surface area contributed by atoms with Gasteiger partial charge in [-0.1, -0.05) is 76.2 Å². The van der Waals surface area contributed by atoms with Crippen LogP contribution in [0.2, 0.25) is 0 Å². The van der Waals surface area contributed by atoms with E-state index in [1.165, 1.54) is 33.6 Å². The van der Waals surface area contributed by atoms with E-state index in [0.717, 1.165) is 24.6 Å². The highest BCUT2D eigenvalue weighted by molar-refractivity contribution is 8.76. The molecule has 3 aromatic rings. The van der Waals surface area contributed by atoms with Gasteiger partial charge in [-0.15, -0.1) is 0 Å². The Morgan fingerprint density at radius 1 is 0.725 bits per heavy atom. The summed E-state index contributed by atoms with van der Waals surface area (Å²) in [6.45, 7) is 4.12. The van der Waals surface area contributed by atoms with Crippen LogP contribution in [0.25, 0.3) is 18.2 Å². The van der Waals surface area contributed by atoms with Gasteiger partial charge in [-0.05, 0) is 59.5 Å². The van der Waals surface area contributed by atoms with Gasteiger partial charge in [-0.2, -0.15) is 0 Å². The highest BCUT2D eigenvalue weighted by atomic mass is 33.1. The number of aryl methyl sites for hydroxylation is 1. The highest BCUT2D eigenvalue weighted by Gasteiger charge is 2.03. The Kier molecular flexibility index (Phi) is 13.7. The van der Waals surface area contributed by atoms with Gasteiger partial charge in [0.05, 0.1) is 13.2 Å². The van der Waals surface area contributed by atoms with E-state index in [-0.39, 0.29) is 0 Å². The monoisotopic (exact) mass is 572 g/mol. The van der Waals surface area contributed by atoms with Crippen LogP contribution in [-0.2, 0) is 7.05 Å². The third-order valence-electron chi connectivity index (χ3n) is 6.53. The fourth-order valence-corrected chi connectivity index (χ4v) is 5.95. The molecule has 1 aromatic heterocycles. The molecule has 210 valence electrons. The summed E-state index contributed by atoms with van der Waals surface area (Å²) in [5.41, 5.74) is 7.36. The highest BCUT2D eigenvalue weighted by Crippen LogP contribution is 2.24. The Morgan fingerprint density at radius 3 is 1.68 bits per heavy atom. The molecule has 0 unspecified atom stereocenters. The van der Waals surface area contributed by atoms with Crippen LogP contribution < -0.4 is 19.7 Å². The number of rotatable bonds is 15. The number of benzene rings is 2. The molecule has 0 aliphatic carbocycles. The third kappa shape index (κ3) is 11.1. The molecular formula is C34H44N4S2+2. The summed E-state index contributed by atoms with van der Waals surface area (Å²) in [6.07, 6.45) is 19.1. The second-order valence-electron chi connectivity index (χ2n) is 9.61. The third-order valence-corrected chi connectivity index (χ3v) is 8.89. The van der Waals surface area contributed by atoms with Crippen LogP contribution in [0.5, 0.6) is 0 Å². The van der Waals surface area contributed by atoms with Gasteiger partial charge in [-0.3, -0.25) is 0 Å². The number of pyridine rings is 1. The van der Waals surface area contributed by atoms with Crippen molar-refractivity contribution >= 4 is 51.2 Å². The van der Waals surface area contributed by atoms with E-state index in [9.17, 15) is 0 Å². The molecule has 0 aliphatic rings. The minimum atomic E-state index is 1.03. The molecule has 0 amide bonds. The molecule has 2 aromatic carbocycles. The zero-order chi connectivity index (χ0) is 28.6. The maximum Gasteiger partial charge on any atom is 0.169 e. The first-order valence-corrected chi connectivity index (χ1v) is 16.3. The van der Waals surface area contributed by atoms with E-state index >= 15 is 0 Å². The zero-order valence-electron chi connectivity index (χ0n) is 24.5. The number of hydrogen-bond acceptors (Lipinski definition) is 4. The molecule has 1 heterocycles. The summed E-state index contributed by atoms with van der Waals surface area (Å²) in [5.74, 6) is 2.19. The Bertz CT molecular complexity index is 1260. The molecule has 0 saturated heterocycles. The minimum absolute atomic E-state index is 1.03. The first-order valence-electron chi connectivity index (χ1n) is 13.8. The summed E-state index contributed by atoms with van der Waals surface area (Å²) in [7, 11) is 12.3. The van der Waals surface area contributed by atoms with E-state index in [1.54, 1.807) is 0 Å². The molecule has 0 spiro atoms. The summed E-state index contributed by atoms with van der Waals surface area (Å²) in [6, 6.07) is 21.8. The topological polar surface area (TPSA) is 27.0 Å². The fourth-order valence-electron chi connectivity index (χ4n) is 3.87. The molecule has 0 fully saturated rings. The first-order chi connectivity index (χ1) is 19.5. The van der Waals surface area contributed by atoms with Crippen LogP contribution in [0.3, 0.4) is 0 Å². The van der Waals surface area contributed by atoms with Gasteiger partial charge in [0, 0.05) is 62.2 Å². The van der Waals surface area contributed by atoms with Crippen molar-refractivity contribution in [2.45, 2.75) is 6.92 Å². The van der Waals surface area contributed by atoms with Gasteiger partial charge in [-0.25, -0.2) is 4.57 Å². The summed E-state index contributed by atoms with van der Waals surface area (Å²) < 4.78 is 2.04. The predicted molar refractivity (Wildman–Crippen MR) is 181 cm³/mol. The van der Waals surface area contributed by atoms with E-state index in [4.69, 9.17) is 0 Å². The van der Waals surface area contributed by atoms with Crippen molar-refractivity contribution in [1.82, 2.24) is 0 Å². The van der Waals surface area contributed by atoms with Gasteiger partial charge < -0.3 is 15.1 Å². The second kappa shape index (κ2) is 17.5. The first kappa shape index (κ1) is 31.3. The molecule has 0 saturated carbocycles. The molecular weight excluding hydrogens is 529 g/mol. The number of allylic oxidation sites excluding steroid dienone is 4. The number of aromatic nitrogens is 1. The van der Waals surface area contributed by atoms with Crippen LogP contribution in [0.15, 0.2) is 103 Å². The van der Waals surface area contributed by atoms with Crippen molar-refractivity contribution in [3.63, 3.8) is 0 Å². The number of hydrogen-bond donors (Lipinski definition) is 1. The van der Waals surface area contributed by atoms with Crippen LogP contribution in [0, 0.1) is 0 Å². The number of nitrogens with two attached hydrogens (primary N) is 1. The molecule has 0 radical (unpaired) electrons. The van der Waals surface area contributed by atoms with E-state index in [2.05, 4.69) is 147 Å². The molecule has 40 heavy (non-hydrogen) atoms. The van der Waals surface area contributed by atoms with Gasteiger partial charge in [0.15, 0.2) is 12.4 Å². The number of anilines is 2. The minimum Gasteiger partial charge on any atom is -0.374 e. The van der Waals surface area contributed by atoms with Crippen molar-refractivity contribution in [2.24, 2.45) is 7.05 Å². The molecule has 6 heteroatoms. The lowest BCUT2D eigenvalue weighted by Crippen LogP contribution is -2.72. The van der Waals surface area contributed by atoms with E-state index in [0.29, 0.717) is 0 Å². The molecule has 2 N–H and O–H groups in total. The lowest BCUT2D eigenvalue weighted by atomic mass is 10.1. The Hall–Kier alpha value is -3.19. The van der Waals surface area contributed by atoms with Crippen molar-refractivity contribution in [1.29, 1.82) is 0 Å². The van der Waals surface area contributed by atoms with Crippen LogP contribution in [0.1, 0.15) is 23.6 Å². The van der Waals surface area contributed by atoms with Gasteiger partial charge in [0.25, 0.3) is 0 Å². The molecule has 0 aliphatic heterocycles. The lowest BCUT2D eigenvalue weighted by Gasteiger charge is -2.20. The average Bonchev–Trinajstić information content (AvgIpc) is 2.99. The smallest absolute Gasteiger partial charge is 0.169 e.